The molecule has 3 aromatic carbocycles. The van der Waals surface area contributed by atoms with Crippen LogP contribution in [0.1, 0.15) is 45.6 Å². The summed E-state index contributed by atoms with van der Waals surface area (Å²) < 4.78 is 31.5. The molecule has 0 aliphatic carbocycles. The van der Waals surface area contributed by atoms with Gasteiger partial charge in [0.05, 0.1) is 18.1 Å². The molecule has 216 valence electrons. The van der Waals surface area contributed by atoms with E-state index in [2.05, 4.69) is 10.3 Å². The molecule has 0 spiro atoms. The third-order valence-corrected chi connectivity index (χ3v) is 9.04. The standard InChI is InChI=1S/C32H35ClN2O5S/c1-22-19-25(20-23(2)31(22)33)40-17-8-12-27-26-11-6-7-13-28(26)35-32(27)29(36)21-41(38,39)18-16-34-30(37)15-14-24-9-4-3-5-10-24/h3-7,9-11,13,19-20,35H,8,12,14-18,21H2,1-2H3,(H,34,37). The Bertz CT molecular complexity index is 1610. The maximum Gasteiger partial charge on any atom is 0.220 e. The Hall–Kier alpha value is -3.62. The van der Waals surface area contributed by atoms with E-state index in [-0.39, 0.29) is 24.6 Å². The van der Waals surface area contributed by atoms with Gasteiger partial charge >= 0.3 is 0 Å². The van der Waals surface area contributed by atoms with Crippen molar-refractivity contribution in [2.75, 3.05) is 24.7 Å². The van der Waals surface area contributed by atoms with Crippen LogP contribution < -0.4 is 10.1 Å². The number of hydrogen-bond donors (Lipinski definition) is 2. The Morgan fingerprint density at radius 2 is 1.63 bits per heavy atom. The Morgan fingerprint density at radius 3 is 2.37 bits per heavy atom. The van der Waals surface area contributed by atoms with Crippen LogP contribution >= 0.6 is 11.6 Å². The van der Waals surface area contributed by atoms with Crippen molar-refractivity contribution in [2.45, 2.75) is 39.5 Å². The Kier molecular flexibility index (Phi) is 10.2. The fourth-order valence-electron chi connectivity index (χ4n) is 4.81. The molecule has 1 aromatic heterocycles. The Morgan fingerprint density at radius 1 is 0.951 bits per heavy atom. The summed E-state index contributed by atoms with van der Waals surface area (Å²) in [4.78, 5) is 28.5. The zero-order valence-electron chi connectivity index (χ0n) is 23.3. The Balaban J connectivity index is 1.33. The third kappa shape index (κ3) is 8.44. The van der Waals surface area contributed by atoms with Crippen molar-refractivity contribution in [2.24, 2.45) is 0 Å². The van der Waals surface area contributed by atoms with E-state index >= 15 is 0 Å². The number of amides is 1. The molecule has 4 rings (SSSR count). The second-order valence-corrected chi connectivity index (χ2v) is 12.8. The van der Waals surface area contributed by atoms with Crippen molar-refractivity contribution in [1.82, 2.24) is 10.3 Å². The van der Waals surface area contributed by atoms with E-state index in [1.807, 2.05) is 80.6 Å². The zero-order valence-corrected chi connectivity index (χ0v) is 24.9. The molecule has 0 saturated carbocycles. The fourth-order valence-corrected chi connectivity index (χ4v) is 6.02. The number of hydrogen-bond acceptors (Lipinski definition) is 5. The molecule has 0 aliphatic rings. The summed E-state index contributed by atoms with van der Waals surface area (Å²) in [6, 6.07) is 20.9. The number of rotatable bonds is 14. The zero-order chi connectivity index (χ0) is 29.4. The molecule has 0 unspecified atom stereocenters. The summed E-state index contributed by atoms with van der Waals surface area (Å²) in [6.07, 6.45) is 2.01. The van der Waals surface area contributed by atoms with Gasteiger partial charge in [0.15, 0.2) is 15.6 Å². The number of carbonyl (C=O) groups is 2. The summed E-state index contributed by atoms with van der Waals surface area (Å²) >= 11 is 6.25. The molecule has 1 amide bonds. The molecule has 0 radical (unpaired) electrons. The smallest absolute Gasteiger partial charge is 0.220 e. The molecular formula is C32H35ClN2O5S. The summed E-state index contributed by atoms with van der Waals surface area (Å²) in [7, 11) is -3.74. The lowest BCUT2D eigenvalue weighted by molar-refractivity contribution is -0.120. The van der Waals surface area contributed by atoms with Gasteiger partial charge in [-0.25, -0.2) is 8.42 Å². The second kappa shape index (κ2) is 13.8. The van der Waals surface area contributed by atoms with Crippen LogP contribution in [0.4, 0.5) is 0 Å². The lowest BCUT2D eigenvalue weighted by Gasteiger charge is -2.10. The number of nitrogens with one attached hydrogen (secondary N) is 2. The first-order valence-electron chi connectivity index (χ1n) is 13.7. The quantitative estimate of drug-likeness (QED) is 0.142. The van der Waals surface area contributed by atoms with E-state index in [4.69, 9.17) is 16.3 Å². The van der Waals surface area contributed by atoms with Gasteiger partial charge in [-0.2, -0.15) is 0 Å². The van der Waals surface area contributed by atoms with Crippen molar-refractivity contribution >= 4 is 44.0 Å². The van der Waals surface area contributed by atoms with Gasteiger partial charge in [0.25, 0.3) is 0 Å². The van der Waals surface area contributed by atoms with E-state index in [1.54, 1.807) is 0 Å². The van der Waals surface area contributed by atoms with Gasteiger partial charge in [0.2, 0.25) is 5.91 Å². The van der Waals surface area contributed by atoms with Gasteiger partial charge in [-0.3, -0.25) is 9.59 Å². The molecule has 1 heterocycles. The van der Waals surface area contributed by atoms with Crippen molar-refractivity contribution < 1.29 is 22.7 Å². The average Bonchev–Trinajstić information content (AvgIpc) is 3.32. The largest absolute Gasteiger partial charge is 0.494 e. The van der Waals surface area contributed by atoms with Gasteiger partial charge in [-0.1, -0.05) is 60.1 Å². The van der Waals surface area contributed by atoms with Crippen molar-refractivity contribution in [1.29, 1.82) is 0 Å². The highest BCUT2D eigenvalue weighted by Crippen LogP contribution is 2.27. The molecule has 0 saturated heterocycles. The second-order valence-electron chi connectivity index (χ2n) is 10.2. The number of aromatic amines is 1. The lowest BCUT2D eigenvalue weighted by Crippen LogP contribution is -2.31. The van der Waals surface area contributed by atoms with E-state index in [1.165, 1.54) is 0 Å². The van der Waals surface area contributed by atoms with Crippen LogP contribution in [0.5, 0.6) is 5.75 Å². The topological polar surface area (TPSA) is 105 Å². The molecule has 7 nitrogen and oxygen atoms in total. The number of aryl methyl sites for hydroxylation is 4. The van der Waals surface area contributed by atoms with Gasteiger partial charge in [-0.05, 0) is 73.6 Å². The average molecular weight is 595 g/mol. The van der Waals surface area contributed by atoms with Crippen LogP contribution in [0.15, 0.2) is 66.7 Å². The van der Waals surface area contributed by atoms with Crippen LogP contribution in [0.2, 0.25) is 5.02 Å². The number of ether oxygens (including phenoxy) is 1. The van der Waals surface area contributed by atoms with Crippen LogP contribution in [-0.2, 0) is 27.5 Å². The van der Waals surface area contributed by atoms with Crippen LogP contribution in [0, 0.1) is 13.8 Å². The predicted molar refractivity (Wildman–Crippen MR) is 164 cm³/mol. The van der Waals surface area contributed by atoms with E-state index in [0.717, 1.165) is 43.9 Å². The number of sulfone groups is 1. The summed E-state index contributed by atoms with van der Waals surface area (Å²) in [6.45, 7) is 4.25. The highest BCUT2D eigenvalue weighted by molar-refractivity contribution is 7.92. The van der Waals surface area contributed by atoms with E-state index < -0.39 is 21.4 Å². The number of carbonyl (C=O) groups excluding carboxylic acids is 2. The Labute approximate surface area is 246 Å². The van der Waals surface area contributed by atoms with E-state index in [0.29, 0.717) is 31.6 Å². The molecule has 0 aliphatic heterocycles. The van der Waals surface area contributed by atoms with Crippen LogP contribution in [0.3, 0.4) is 0 Å². The van der Waals surface area contributed by atoms with Gasteiger partial charge in [0.1, 0.15) is 11.5 Å². The van der Waals surface area contributed by atoms with Gasteiger partial charge in [0, 0.05) is 28.9 Å². The molecule has 41 heavy (non-hydrogen) atoms. The predicted octanol–water partition coefficient (Wildman–Crippen LogP) is 5.80. The fraction of sp³-hybridized carbons (Fsp3) is 0.312. The highest BCUT2D eigenvalue weighted by Gasteiger charge is 2.23. The normalized spacial score (nSPS) is 11.5. The molecular weight excluding hydrogens is 560 g/mol. The number of fused-ring (bicyclic) bond motifs is 1. The monoisotopic (exact) mass is 594 g/mol. The van der Waals surface area contributed by atoms with Crippen LogP contribution in [-0.4, -0.2) is 49.7 Å². The van der Waals surface area contributed by atoms with Gasteiger partial charge in [-0.15, -0.1) is 0 Å². The first kappa shape index (κ1) is 30.3. The van der Waals surface area contributed by atoms with Crippen molar-refractivity contribution in [3.63, 3.8) is 0 Å². The highest BCUT2D eigenvalue weighted by atomic mass is 35.5. The first-order chi connectivity index (χ1) is 19.6. The van der Waals surface area contributed by atoms with E-state index in [9.17, 15) is 18.0 Å². The van der Waals surface area contributed by atoms with Crippen molar-refractivity contribution in [3.05, 3.63) is 99.7 Å². The third-order valence-electron chi connectivity index (χ3n) is 6.91. The molecule has 0 bridgehead atoms. The summed E-state index contributed by atoms with van der Waals surface area (Å²) in [5, 5.41) is 4.26. The number of benzene rings is 3. The lowest BCUT2D eigenvalue weighted by atomic mass is 10.0. The van der Waals surface area contributed by atoms with Crippen LogP contribution in [0.25, 0.3) is 10.9 Å². The summed E-state index contributed by atoms with van der Waals surface area (Å²) in [5.41, 5.74) is 4.79. The number of Topliss-reactive ketones (excluding diaryl/α,β-unsaturated/α-hetero) is 1. The minimum Gasteiger partial charge on any atom is -0.494 e. The molecule has 0 fully saturated rings. The number of para-hydroxylation sites is 1. The maximum atomic E-state index is 13.2. The maximum absolute atomic E-state index is 13.2. The van der Waals surface area contributed by atoms with Gasteiger partial charge < -0.3 is 15.0 Å². The number of ketones is 1. The molecule has 2 N–H and O–H groups in total. The summed E-state index contributed by atoms with van der Waals surface area (Å²) in [5.74, 6) is -0.917. The minimum absolute atomic E-state index is 0.0379. The number of H-pyrrole nitrogens is 1. The minimum atomic E-state index is -3.74. The number of halogens is 1. The number of aromatic nitrogens is 1. The molecule has 9 heteroatoms. The molecule has 4 aromatic rings. The first-order valence-corrected chi connectivity index (χ1v) is 15.9. The SMILES string of the molecule is Cc1cc(OCCCc2c(C(=O)CS(=O)(=O)CCNC(=O)CCc3ccccc3)[nH]c3ccccc23)cc(C)c1Cl. The van der Waals surface area contributed by atoms with Crippen molar-refractivity contribution in [3.8, 4) is 5.75 Å². The molecule has 0 atom stereocenters.